The van der Waals surface area contributed by atoms with Crippen molar-refractivity contribution in [3.05, 3.63) is 58.8 Å². The molecule has 0 atom stereocenters. The fourth-order valence-electron chi connectivity index (χ4n) is 2.37. The van der Waals surface area contributed by atoms with Gasteiger partial charge in [0, 0.05) is 6.07 Å². The van der Waals surface area contributed by atoms with E-state index in [0.717, 1.165) is 5.56 Å². The van der Waals surface area contributed by atoms with Gasteiger partial charge in [-0.15, -0.1) is 0 Å². The number of benzene rings is 2. The van der Waals surface area contributed by atoms with Crippen molar-refractivity contribution in [1.82, 2.24) is 0 Å². The molecule has 3 rings (SSSR count). The van der Waals surface area contributed by atoms with Crippen molar-refractivity contribution in [3.63, 3.8) is 0 Å². The van der Waals surface area contributed by atoms with Crippen molar-refractivity contribution >= 4 is 11.9 Å². The zero-order valence-corrected chi connectivity index (χ0v) is 11.7. The van der Waals surface area contributed by atoms with E-state index in [1.807, 2.05) is 24.3 Å². The molecule has 2 aromatic carbocycles. The molecular weight excluding hydrogens is 268 g/mol. The summed E-state index contributed by atoms with van der Waals surface area (Å²) in [5, 5.41) is 9.58. The van der Waals surface area contributed by atoms with Crippen molar-refractivity contribution in [2.24, 2.45) is 0 Å². The number of carbonyl (C=O) groups is 1. The van der Waals surface area contributed by atoms with E-state index in [0.29, 0.717) is 22.6 Å². The number of methoxy groups -OCH3 is 1. The highest BCUT2D eigenvalue weighted by molar-refractivity contribution is 6.15. The monoisotopic (exact) mass is 282 g/mol. The Morgan fingerprint density at radius 2 is 2.05 bits per heavy atom. The third kappa shape index (κ3) is 2.36. The van der Waals surface area contributed by atoms with Gasteiger partial charge in [0.25, 0.3) is 0 Å². The van der Waals surface area contributed by atoms with Crippen LogP contribution in [0.5, 0.6) is 17.2 Å². The number of hydrogen-bond donors (Lipinski definition) is 1. The van der Waals surface area contributed by atoms with E-state index in [9.17, 15) is 9.90 Å². The van der Waals surface area contributed by atoms with E-state index in [2.05, 4.69) is 0 Å². The first-order valence-electron chi connectivity index (χ1n) is 6.50. The second kappa shape index (κ2) is 4.98. The minimum atomic E-state index is -0.176. The fourth-order valence-corrected chi connectivity index (χ4v) is 2.37. The molecule has 1 aliphatic rings. The van der Waals surface area contributed by atoms with E-state index in [1.165, 1.54) is 6.07 Å². The topological polar surface area (TPSA) is 55.8 Å². The summed E-state index contributed by atoms with van der Waals surface area (Å²) in [5.41, 5.74) is 2.01. The third-order valence-corrected chi connectivity index (χ3v) is 3.35. The molecule has 0 unspecified atom stereocenters. The molecule has 106 valence electrons. The highest BCUT2D eigenvalue weighted by Gasteiger charge is 2.29. The highest BCUT2D eigenvalue weighted by Crippen LogP contribution is 2.37. The molecule has 0 radical (unpaired) electrons. The molecule has 0 fully saturated rings. The van der Waals surface area contributed by atoms with E-state index < -0.39 is 0 Å². The first kappa shape index (κ1) is 13.2. The van der Waals surface area contributed by atoms with E-state index in [4.69, 9.17) is 9.47 Å². The van der Waals surface area contributed by atoms with Crippen LogP contribution in [0.3, 0.4) is 0 Å². The summed E-state index contributed by atoms with van der Waals surface area (Å²) in [6, 6.07) is 10.4. The summed E-state index contributed by atoms with van der Waals surface area (Å²) < 4.78 is 10.7. The summed E-state index contributed by atoms with van der Waals surface area (Å²) in [6.07, 6.45) is 1.67. The minimum absolute atomic E-state index is 0.0849. The van der Waals surface area contributed by atoms with Gasteiger partial charge in [0.05, 0.1) is 12.7 Å². The number of allylic oxidation sites excluding steroid dienone is 1. The number of fused-ring (bicyclic) bond motifs is 1. The van der Waals surface area contributed by atoms with Crippen LogP contribution in [0.4, 0.5) is 0 Å². The Kier molecular flexibility index (Phi) is 3.14. The SMILES string of the molecule is COc1cccc(C=C2Oc3cc(O)cc(C)c3C2=O)c1. The predicted molar refractivity (Wildman–Crippen MR) is 78.8 cm³/mol. The van der Waals surface area contributed by atoms with Gasteiger partial charge in [-0.25, -0.2) is 0 Å². The van der Waals surface area contributed by atoms with Crippen LogP contribution < -0.4 is 9.47 Å². The second-order valence-electron chi connectivity index (χ2n) is 4.85. The molecule has 0 aromatic heterocycles. The minimum Gasteiger partial charge on any atom is -0.508 e. The quantitative estimate of drug-likeness (QED) is 0.858. The van der Waals surface area contributed by atoms with Gasteiger partial charge >= 0.3 is 0 Å². The molecule has 2 aromatic rings. The second-order valence-corrected chi connectivity index (χ2v) is 4.85. The Hall–Kier alpha value is -2.75. The van der Waals surface area contributed by atoms with Gasteiger partial charge in [-0.3, -0.25) is 4.79 Å². The van der Waals surface area contributed by atoms with E-state index in [1.54, 1.807) is 26.2 Å². The molecule has 1 heterocycles. The Morgan fingerprint density at radius 3 is 2.81 bits per heavy atom. The van der Waals surface area contributed by atoms with Crippen LogP contribution in [0.25, 0.3) is 6.08 Å². The third-order valence-electron chi connectivity index (χ3n) is 3.35. The van der Waals surface area contributed by atoms with Gasteiger partial charge < -0.3 is 14.6 Å². The molecule has 4 nitrogen and oxygen atoms in total. The zero-order chi connectivity index (χ0) is 15.0. The summed E-state index contributed by atoms with van der Waals surface area (Å²) in [5.74, 6) is 1.26. The first-order valence-corrected chi connectivity index (χ1v) is 6.50. The smallest absolute Gasteiger partial charge is 0.232 e. The molecule has 4 heteroatoms. The molecular formula is C17H14O4. The van der Waals surface area contributed by atoms with Crippen molar-refractivity contribution in [3.8, 4) is 17.2 Å². The van der Waals surface area contributed by atoms with Gasteiger partial charge in [-0.2, -0.15) is 0 Å². The van der Waals surface area contributed by atoms with Crippen LogP contribution in [0.2, 0.25) is 0 Å². The lowest BCUT2D eigenvalue weighted by Gasteiger charge is -2.02. The first-order chi connectivity index (χ1) is 10.1. The van der Waals surface area contributed by atoms with Gasteiger partial charge in [0.1, 0.15) is 17.2 Å². The average Bonchev–Trinajstić information content (AvgIpc) is 2.75. The number of phenols is 1. The van der Waals surface area contributed by atoms with Crippen LogP contribution in [0, 0.1) is 6.92 Å². The van der Waals surface area contributed by atoms with Crippen LogP contribution >= 0.6 is 0 Å². The van der Waals surface area contributed by atoms with E-state index in [-0.39, 0.29) is 17.3 Å². The lowest BCUT2D eigenvalue weighted by atomic mass is 10.0. The van der Waals surface area contributed by atoms with Crippen molar-refractivity contribution in [2.45, 2.75) is 6.92 Å². The molecule has 1 aliphatic heterocycles. The zero-order valence-electron chi connectivity index (χ0n) is 11.7. The van der Waals surface area contributed by atoms with Gasteiger partial charge in [-0.1, -0.05) is 12.1 Å². The van der Waals surface area contributed by atoms with Crippen LogP contribution in [-0.2, 0) is 0 Å². The number of phenolic OH excluding ortho intramolecular Hbond substituents is 1. The normalized spacial score (nSPS) is 15.0. The molecule has 0 saturated heterocycles. The van der Waals surface area contributed by atoms with Crippen molar-refractivity contribution in [2.75, 3.05) is 7.11 Å². The van der Waals surface area contributed by atoms with Crippen LogP contribution in [-0.4, -0.2) is 18.0 Å². The molecule has 0 amide bonds. The number of ether oxygens (including phenoxy) is 2. The van der Waals surface area contributed by atoms with Crippen LogP contribution in [0.15, 0.2) is 42.2 Å². The standard InChI is InChI=1S/C17H14O4/c1-10-6-12(18)9-14-16(10)17(19)15(21-14)8-11-4-3-5-13(7-11)20-2/h3-9,18H,1-2H3. The summed E-state index contributed by atoms with van der Waals surface area (Å²) >= 11 is 0. The predicted octanol–water partition coefficient (Wildman–Crippen LogP) is 3.33. The molecule has 0 saturated carbocycles. The van der Waals surface area contributed by atoms with Crippen LogP contribution in [0.1, 0.15) is 21.5 Å². The van der Waals surface area contributed by atoms with Gasteiger partial charge in [-0.05, 0) is 42.3 Å². The van der Waals surface area contributed by atoms with Crippen molar-refractivity contribution < 1.29 is 19.4 Å². The van der Waals surface area contributed by atoms with Crippen molar-refractivity contribution in [1.29, 1.82) is 0 Å². The Balaban J connectivity index is 2.01. The summed E-state index contributed by atoms with van der Waals surface area (Å²) in [6.45, 7) is 1.77. The fraction of sp³-hybridized carbons (Fsp3) is 0.118. The number of aryl methyl sites for hydroxylation is 1. The number of rotatable bonds is 2. The largest absolute Gasteiger partial charge is 0.508 e. The maximum Gasteiger partial charge on any atom is 0.232 e. The molecule has 0 spiro atoms. The molecule has 21 heavy (non-hydrogen) atoms. The Labute approximate surface area is 122 Å². The number of aromatic hydroxyl groups is 1. The van der Waals surface area contributed by atoms with Gasteiger partial charge in [0.2, 0.25) is 5.78 Å². The summed E-state index contributed by atoms with van der Waals surface area (Å²) in [7, 11) is 1.59. The molecule has 1 N–H and O–H groups in total. The Bertz CT molecular complexity index is 759. The number of ketones is 1. The number of Topliss-reactive ketones (excluding diaryl/α,β-unsaturated/α-hetero) is 1. The highest BCUT2D eigenvalue weighted by atomic mass is 16.5. The Morgan fingerprint density at radius 1 is 1.24 bits per heavy atom. The molecule has 0 bridgehead atoms. The lowest BCUT2D eigenvalue weighted by molar-refractivity contribution is 0.101. The van der Waals surface area contributed by atoms with E-state index >= 15 is 0 Å². The number of hydrogen-bond acceptors (Lipinski definition) is 4. The molecule has 0 aliphatic carbocycles. The summed E-state index contributed by atoms with van der Waals surface area (Å²) in [4.78, 5) is 12.4. The lowest BCUT2D eigenvalue weighted by Crippen LogP contribution is -1.99. The maximum atomic E-state index is 12.4. The van der Waals surface area contributed by atoms with Gasteiger partial charge in [0.15, 0.2) is 5.76 Å². The average molecular weight is 282 g/mol. The number of carbonyl (C=O) groups excluding carboxylic acids is 1. The maximum absolute atomic E-state index is 12.4.